The van der Waals surface area contributed by atoms with Crippen LogP contribution in [0, 0.1) is 0 Å². The molecule has 10 nitrogen and oxygen atoms in total. The Labute approximate surface area is 205 Å². The Morgan fingerprint density at radius 2 is 1.69 bits per heavy atom. The van der Waals surface area contributed by atoms with Crippen LogP contribution in [0.15, 0.2) is 53.7 Å². The molecule has 3 N–H and O–H groups in total. The zero-order chi connectivity index (χ0) is 24.8. The first-order valence-corrected chi connectivity index (χ1v) is 13.0. The van der Waals surface area contributed by atoms with Crippen molar-refractivity contribution in [2.24, 2.45) is 0 Å². The molecule has 35 heavy (non-hydrogen) atoms. The lowest BCUT2D eigenvalue weighted by Gasteiger charge is -2.24. The highest BCUT2D eigenvalue weighted by atomic mass is 32.2. The fourth-order valence-electron chi connectivity index (χ4n) is 3.68. The fourth-order valence-corrected chi connectivity index (χ4v) is 4.89. The first-order valence-electron chi connectivity index (χ1n) is 11.5. The third-order valence-electron chi connectivity index (χ3n) is 5.64. The first kappa shape index (κ1) is 24.7. The van der Waals surface area contributed by atoms with Crippen LogP contribution in [0.2, 0.25) is 0 Å². The molecule has 1 aliphatic heterocycles. The van der Waals surface area contributed by atoms with E-state index in [1.165, 1.54) is 6.33 Å². The van der Waals surface area contributed by atoms with E-state index in [0.717, 1.165) is 31.7 Å². The van der Waals surface area contributed by atoms with Crippen molar-refractivity contribution in [2.45, 2.75) is 42.9 Å². The number of aromatic nitrogens is 3. The standard InChI is InChI=1S/C24H30N6O4S/c1-16(2)35(31,32)22-7-5-4-6-20(22)29-24-27-15-26-23(30-24)28-19-9-8-18(14-21(19)33-3)34-17-10-12-25-13-11-17/h4-9,14-17,25H,10-13H2,1-3H3,(H2,26,27,28,29,30). The Hall–Kier alpha value is -3.44. The summed E-state index contributed by atoms with van der Waals surface area (Å²) in [5.74, 6) is 1.80. The van der Waals surface area contributed by atoms with Gasteiger partial charge in [0.05, 0.1) is 28.6 Å². The Kier molecular flexibility index (Phi) is 7.67. The summed E-state index contributed by atoms with van der Waals surface area (Å²) < 4.78 is 37.1. The second-order valence-corrected chi connectivity index (χ2v) is 10.9. The number of benzene rings is 2. The van der Waals surface area contributed by atoms with Gasteiger partial charge in [-0.2, -0.15) is 4.98 Å². The Morgan fingerprint density at radius 3 is 2.37 bits per heavy atom. The van der Waals surface area contributed by atoms with Crippen LogP contribution in [0.4, 0.5) is 23.3 Å². The van der Waals surface area contributed by atoms with E-state index in [1.807, 2.05) is 18.2 Å². The molecule has 186 valence electrons. The first-order chi connectivity index (χ1) is 16.9. The van der Waals surface area contributed by atoms with Gasteiger partial charge in [-0.05, 0) is 64.0 Å². The zero-order valence-electron chi connectivity index (χ0n) is 20.0. The van der Waals surface area contributed by atoms with Gasteiger partial charge in [-0.15, -0.1) is 0 Å². The number of rotatable bonds is 9. The van der Waals surface area contributed by atoms with Gasteiger partial charge in [0.15, 0.2) is 9.84 Å². The minimum atomic E-state index is -3.49. The van der Waals surface area contributed by atoms with Crippen molar-refractivity contribution in [1.82, 2.24) is 20.3 Å². The van der Waals surface area contributed by atoms with Crippen molar-refractivity contribution in [2.75, 3.05) is 30.8 Å². The van der Waals surface area contributed by atoms with Crippen molar-refractivity contribution in [1.29, 1.82) is 0 Å². The lowest BCUT2D eigenvalue weighted by atomic mass is 10.1. The van der Waals surface area contributed by atoms with Gasteiger partial charge < -0.3 is 25.4 Å². The van der Waals surface area contributed by atoms with Gasteiger partial charge in [0.1, 0.15) is 23.9 Å². The molecular formula is C24H30N6O4S. The molecule has 0 amide bonds. The van der Waals surface area contributed by atoms with Crippen LogP contribution < -0.4 is 25.4 Å². The average Bonchev–Trinajstić information content (AvgIpc) is 2.86. The lowest BCUT2D eigenvalue weighted by Crippen LogP contribution is -2.34. The summed E-state index contributed by atoms with van der Waals surface area (Å²) in [4.78, 5) is 12.9. The SMILES string of the molecule is COc1cc(OC2CCNCC2)ccc1Nc1ncnc(Nc2ccccc2S(=O)(=O)C(C)C)n1. The summed E-state index contributed by atoms with van der Waals surface area (Å²) in [6.07, 6.45) is 3.45. The number of anilines is 4. The number of para-hydroxylation sites is 1. The van der Waals surface area contributed by atoms with Gasteiger partial charge in [-0.25, -0.2) is 18.4 Å². The fraction of sp³-hybridized carbons (Fsp3) is 0.375. The molecule has 0 saturated carbocycles. The normalized spacial score (nSPS) is 14.5. The maximum atomic E-state index is 12.7. The number of nitrogens with zero attached hydrogens (tertiary/aromatic N) is 3. The minimum absolute atomic E-state index is 0.180. The highest BCUT2D eigenvalue weighted by Crippen LogP contribution is 2.32. The summed E-state index contributed by atoms with van der Waals surface area (Å²) in [6.45, 7) is 5.19. The molecule has 2 aromatic carbocycles. The highest BCUT2D eigenvalue weighted by Gasteiger charge is 2.23. The second kappa shape index (κ2) is 10.9. The van der Waals surface area contributed by atoms with E-state index in [-0.39, 0.29) is 22.9 Å². The van der Waals surface area contributed by atoms with E-state index in [9.17, 15) is 8.42 Å². The molecular weight excluding hydrogens is 468 g/mol. The minimum Gasteiger partial charge on any atom is -0.494 e. The second-order valence-electron chi connectivity index (χ2n) is 8.40. The summed E-state index contributed by atoms with van der Waals surface area (Å²) in [7, 11) is -1.91. The van der Waals surface area contributed by atoms with Crippen LogP contribution in [0.3, 0.4) is 0 Å². The van der Waals surface area contributed by atoms with E-state index >= 15 is 0 Å². The molecule has 2 heterocycles. The molecule has 1 saturated heterocycles. The topological polar surface area (TPSA) is 127 Å². The van der Waals surface area contributed by atoms with Crippen LogP contribution >= 0.6 is 0 Å². The predicted molar refractivity (Wildman–Crippen MR) is 135 cm³/mol. The van der Waals surface area contributed by atoms with E-state index in [2.05, 4.69) is 30.9 Å². The summed E-state index contributed by atoms with van der Waals surface area (Å²) in [5, 5.41) is 8.90. The molecule has 0 spiro atoms. The Bertz CT molecular complexity index is 1260. The van der Waals surface area contributed by atoms with Crippen LogP contribution in [-0.4, -0.2) is 54.9 Å². The van der Waals surface area contributed by atoms with Gasteiger partial charge in [0.2, 0.25) is 11.9 Å². The number of sulfone groups is 1. The Morgan fingerprint density at radius 1 is 1.00 bits per heavy atom. The molecule has 4 rings (SSSR count). The van der Waals surface area contributed by atoms with Gasteiger partial charge in [-0.3, -0.25) is 0 Å². The predicted octanol–water partition coefficient (Wildman–Crippen LogP) is 3.68. The van der Waals surface area contributed by atoms with Crippen LogP contribution in [0.25, 0.3) is 0 Å². The van der Waals surface area contributed by atoms with Crippen molar-refractivity contribution < 1.29 is 17.9 Å². The largest absolute Gasteiger partial charge is 0.494 e. The maximum Gasteiger partial charge on any atom is 0.232 e. The molecule has 0 aliphatic carbocycles. The molecule has 1 aromatic heterocycles. The summed E-state index contributed by atoms with van der Waals surface area (Å²) >= 11 is 0. The summed E-state index contributed by atoms with van der Waals surface area (Å²) in [6, 6.07) is 12.2. The Balaban J connectivity index is 1.51. The van der Waals surface area contributed by atoms with Crippen molar-refractivity contribution in [3.8, 4) is 11.5 Å². The van der Waals surface area contributed by atoms with Gasteiger partial charge in [0.25, 0.3) is 0 Å². The van der Waals surface area contributed by atoms with Gasteiger partial charge >= 0.3 is 0 Å². The molecule has 1 aliphatic rings. The smallest absolute Gasteiger partial charge is 0.232 e. The monoisotopic (exact) mass is 498 g/mol. The van der Waals surface area contributed by atoms with Gasteiger partial charge in [-0.1, -0.05) is 12.1 Å². The highest BCUT2D eigenvalue weighted by molar-refractivity contribution is 7.92. The molecule has 1 fully saturated rings. The third-order valence-corrected chi connectivity index (χ3v) is 7.85. The third kappa shape index (κ3) is 5.98. The average molecular weight is 499 g/mol. The van der Waals surface area contributed by atoms with E-state index < -0.39 is 15.1 Å². The quantitative estimate of drug-likeness (QED) is 0.402. The molecule has 0 unspecified atom stereocenters. The molecule has 0 bridgehead atoms. The number of piperidine rings is 1. The van der Waals surface area contributed by atoms with E-state index in [4.69, 9.17) is 9.47 Å². The lowest BCUT2D eigenvalue weighted by molar-refractivity contribution is 0.162. The van der Waals surface area contributed by atoms with Gasteiger partial charge in [0, 0.05) is 6.07 Å². The van der Waals surface area contributed by atoms with Crippen LogP contribution in [-0.2, 0) is 9.84 Å². The van der Waals surface area contributed by atoms with Crippen molar-refractivity contribution >= 4 is 33.1 Å². The molecule has 0 radical (unpaired) electrons. The molecule has 11 heteroatoms. The van der Waals surface area contributed by atoms with E-state index in [0.29, 0.717) is 17.1 Å². The van der Waals surface area contributed by atoms with Crippen molar-refractivity contribution in [3.05, 3.63) is 48.8 Å². The maximum absolute atomic E-state index is 12.7. The van der Waals surface area contributed by atoms with E-state index in [1.54, 1.807) is 45.2 Å². The molecule has 0 atom stereocenters. The molecule has 3 aromatic rings. The van der Waals surface area contributed by atoms with Crippen molar-refractivity contribution in [3.63, 3.8) is 0 Å². The van der Waals surface area contributed by atoms with Crippen LogP contribution in [0.5, 0.6) is 11.5 Å². The summed E-state index contributed by atoms with van der Waals surface area (Å²) in [5.41, 5.74) is 1.06. The number of hydrogen-bond donors (Lipinski definition) is 3. The number of ether oxygens (including phenoxy) is 2. The number of nitrogens with one attached hydrogen (secondary N) is 3. The number of hydrogen-bond acceptors (Lipinski definition) is 10. The van der Waals surface area contributed by atoms with Crippen LogP contribution in [0.1, 0.15) is 26.7 Å². The number of methoxy groups -OCH3 is 1. The zero-order valence-corrected chi connectivity index (χ0v) is 20.8.